The summed E-state index contributed by atoms with van der Waals surface area (Å²) < 4.78 is 0. The number of hydrogen-bond acceptors (Lipinski definition) is 1. The van der Waals surface area contributed by atoms with Gasteiger partial charge in [0.25, 0.3) is 0 Å². The van der Waals surface area contributed by atoms with Gasteiger partial charge in [-0.05, 0) is 64.2 Å². The van der Waals surface area contributed by atoms with Gasteiger partial charge in [0.2, 0.25) is 0 Å². The highest BCUT2D eigenvalue weighted by Crippen LogP contribution is 2.20. The smallest absolute Gasteiger partial charge is 0.306 e. The summed E-state index contributed by atoms with van der Waals surface area (Å²) in [4.78, 5) is 11.7. The molecule has 0 radical (unpaired) electrons. The maximum Gasteiger partial charge on any atom is 0.306 e. The van der Waals surface area contributed by atoms with Crippen LogP contribution in [0.25, 0.3) is 0 Å². The molecule has 0 aromatic carbocycles. The number of allylic oxidation sites excluding steroid dienone is 4. The van der Waals surface area contributed by atoms with Crippen molar-refractivity contribution in [1.82, 2.24) is 0 Å². The van der Waals surface area contributed by atoms with Crippen molar-refractivity contribution in [3.63, 3.8) is 0 Å². The van der Waals surface area contributed by atoms with Crippen LogP contribution >= 0.6 is 0 Å². The molecule has 0 bridgehead atoms. The number of carbonyl (C=O) groups is 1. The van der Waals surface area contributed by atoms with Crippen LogP contribution < -0.4 is 0 Å². The van der Waals surface area contributed by atoms with Crippen LogP contribution in [0.3, 0.4) is 0 Å². The fourth-order valence-electron chi connectivity index (χ4n) is 6.73. The number of rotatable bonds is 39. The van der Waals surface area contributed by atoms with Gasteiger partial charge in [-0.3, -0.25) is 4.79 Å². The van der Waals surface area contributed by atoms with Crippen LogP contribution in [-0.4, -0.2) is 11.1 Å². The highest BCUT2D eigenvalue weighted by atomic mass is 16.4. The molecule has 2 heteroatoms. The second-order valence-corrected chi connectivity index (χ2v) is 14.6. The SMILES string of the molecule is CCCCCCCCC=CCCCCCCCCCCCCC(CCCCCCCCCCC=CCCCCCCCC)C(=O)O. The van der Waals surface area contributed by atoms with Crippen LogP contribution in [0.1, 0.15) is 245 Å². The molecule has 0 rings (SSSR count). The topological polar surface area (TPSA) is 37.3 Å². The summed E-state index contributed by atoms with van der Waals surface area (Å²) in [6.45, 7) is 4.57. The first-order valence-corrected chi connectivity index (χ1v) is 21.2. The van der Waals surface area contributed by atoms with Gasteiger partial charge in [-0.1, -0.05) is 205 Å². The molecule has 1 unspecified atom stereocenters. The molecular weight excluding hydrogens is 560 g/mol. The highest BCUT2D eigenvalue weighted by Gasteiger charge is 2.16. The van der Waals surface area contributed by atoms with Crippen molar-refractivity contribution in [2.75, 3.05) is 0 Å². The summed E-state index contributed by atoms with van der Waals surface area (Å²) in [5.74, 6) is -0.672. The minimum Gasteiger partial charge on any atom is -0.481 e. The molecule has 0 aliphatic rings. The van der Waals surface area contributed by atoms with E-state index in [1.807, 2.05) is 0 Å². The van der Waals surface area contributed by atoms with E-state index in [0.29, 0.717) is 0 Å². The lowest BCUT2D eigenvalue weighted by Crippen LogP contribution is -2.13. The number of hydrogen-bond donors (Lipinski definition) is 1. The Kier molecular flexibility index (Phi) is 39.2. The zero-order valence-electron chi connectivity index (χ0n) is 31.7. The van der Waals surface area contributed by atoms with Gasteiger partial charge in [-0.2, -0.15) is 0 Å². The van der Waals surface area contributed by atoms with Gasteiger partial charge in [0.15, 0.2) is 0 Å². The van der Waals surface area contributed by atoms with E-state index in [-0.39, 0.29) is 5.92 Å². The van der Waals surface area contributed by atoms with Crippen molar-refractivity contribution >= 4 is 5.97 Å². The van der Waals surface area contributed by atoms with Crippen LogP contribution in [0.15, 0.2) is 24.3 Å². The number of unbranched alkanes of at least 4 members (excludes halogenated alkanes) is 30. The van der Waals surface area contributed by atoms with Crippen LogP contribution in [-0.2, 0) is 4.79 Å². The third-order valence-electron chi connectivity index (χ3n) is 9.98. The Morgan fingerprint density at radius 3 is 0.826 bits per heavy atom. The quantitative estimate of drug-likeness (QED) is 0.0534. The Hall–Kier alpha value is -1.05. The van der Waals surface area contributed by atoms with Crippen molar-refractivity contribution < 1.29 is 9.90 Å². The van der Waals surface area contributed by atoms with Crippen molar-refractivity contribution in [3.05, 3.63) is 24.3 Å². The first kappa shape index (κ1) is 45.0. The maximum atomic E-state index is 11.7. The molecule has 0 aliphatic heterocycles. The zero-order valence-corrected chi connectivity index (χ0v) is 31.7. The first-order valence-electron chi connectivity index (χ1n) is 21.2. The number of carboxylic acid groups (broad SMARTS) is 1. The second-order valence-electron chi connectivity index (χ2n) is 14.6. The maximum absolute atomic E-state index is 11.7. The molecule has 272 valence electrons. The summed E-state index contributed by atoms with van der Waals surface area (Å²) in [5.41, 5.74) is 0. The molecule has 0 amide bonds. The van der Waals surface area contributed by atoms with Crippen molar-refractivity contribution in [2.45, 2.75) is 245 Å². The molecule has 0 fully saturated rings. The Bertz CT molecular complexity index is 636. The van der Waals surface area contributed by atoms with Gasteiger partial charge < -0.3 is 5.11 Å². The van der Waals surface area contributed by atoms with Crippen molar-refractivity contribution in [2.24, 2.45) is 5.92 Å². The van der Waals surface area contributed by atoms with E-state index >= 15 is 0 Å². The molecule has 0 spiro atoms. The molecule has 0 aromatic rings. The Balaban J connectivity index is 3.41. The van der Waals surface area contributed by atoms with Gasteiger partial charge in [0.05, 0.1) is 5.92 Å². The van der Waals surface area contributed by atoms with E-state index in [9.17, 15) is 9.90 Å². The van der Waals surface area contributed by atoms with Gasteiger partial charge in [0, 0.05) is 0 Å². The average Bonchev–Trinajstić information content (AvgIpc) is 3.05. The van der Waals surface area contributed by atoms with Crippen LogP contribution in [0.2, 0.25) is 0 Å². The molecule has 0 heterocycles. The summed E-state index contributed by atoms with van der Waals surface area (Å²) in [5, 5.41) is 9.67. The van der Waals surface area contributed by atoms with Gasteiger partial charge in [0.1, 0.15) is 0 Å². The van der Waals surface area contributed by atoms with Crippen LogP contribution in [0.5, 0.6) is 0 Å². The molecule has 1 atom stereocenters. The molecule has 0 saturated carbocycles. The number of aliphatic carboxylic acids is 1. The normalized spacial score (nSPS) is 12.6. The minimum absolute atomic E-state index is 0.112. The zero-order chi connectivity index (χ0) is 33.4. The fraction of sp³-hybridized carbons (Fsp3) is 0.886. The van der Waals surface area contributed by atoms with Crippen LogP contribution in [0.4, 0.5) is 0 Å². The number of carboxylic acids is 1. The van der Waals surface area contributed by atoms with E-state index in [0.717, 1.165) is 25.7 Å². The first-order chi connectivity index (χ1) is 22.7. The molecule has 1 N–H and O–H groups in total. The molecule has 2 nitrogen and oxygen atoms in total. The molecule has 0 aromatic heterocycles. The largest absolute Gasteiger partial charge is 0.481 e. The lowest BCUT2D eigenvalue weighted by atomic mass is 9.94. The van der Waals surface area contributed by atoms with E-state index in [1.165, 1.54) is 205 Å². The monoisotopic (exact) mass is 645 g/mol. The predicted molar refractivity (Wildman–Crippen MR) is 207 cm³/mol. The summed E-state index contributed by atoms with van der Waals surface area (Å²) >= 11 is 0. The molecule has 0 saturated heterocycles. The fourth-order valence-corrected chi connectivity index (χ4v) is 6.73. The van der Waals surface area contributed by atoms with E-state index in [4.69, 9.17) is 0 Å². The van der Waals surface area contributed by atoms with Crippen molar-refractivity contribution in [3.8, 4) is 0 Å². The third kappa shape index (κ3) is 37.4. The Morgan fingerprint density at radius 2 is 0.587 bits per heavy atom. The lowest BCUT2D eigenvalue weighted by molar-refractivity contribution is -0.142. The van der Waals surface area contributed by atoms with E-state index in [2.05, 4.69) is 38.2 Å². The van der Waals surface area contributed by atoms with Gasteiger partial charge >= 0.3 is 5.97 Å². The second kappa shape index (κ2) is 40.1. The highest BCUT2D eigenvalue weighted by molar-refractivity contribution is 5.69. The van der Waals surface area contributed by atoms with E-state index in [1.54, 1.807) is 0 Å². The molecule has 0 aliphatic carbocycles. The lowest BCUT2D eigenvalue weighted by Gasteiger charge is -2.12. The molecule has 46 heavy (non-hydrogen) atoms. The standard InChI is InChI=1S/C44H84O2/c1-3-5-7-9-11-13-15-17-19-21-23-24-26-28-30-32-34-36-38-40-42-43(44(45)46)41-39-37-35-33-31-29-27-25-22-20-18-16-14-12-10-8-6-4-2/h17-20,43H,3-16,21-42H2,1-2H3,(H,45,46). The Labute approximate surface area is 290 Å². The average molecular weight is 645 g/mol. The molecular formula is C44H84O2. The summed E-state index contributed by atoms with van der Waals surface area (Å²) in [7, 11) is 0. The predicted octanol–water partition coefficient (Wildman–Crippen LogP) is 15.9. The van der Waals surface area contributed by atoms with Gasteiger partial charge in [-0.15, -0.1) is 0 Å². The van der Waals surface area contributed by atoms with Gasteiger partial charge in [-0.25, -0.2) is 0 Å². The minimum atomic E-state index is -0.561. The van der Waals surface area contributed by atoms with Crippen molar-refractivity contribution in [1.29, 1.82) is 0 Å². The third-order valence-corrected chi connectivity index (χ3v) is 9.98. The van der Waals surface area contributed by atoms with E-state index < -0.39 is 5.97 Å². The Morgan fingerprint density at radius 1 is 0.370 bits per heavy atom. The summed E-state index contributed by atoms with van der Waals surface area (Å²) in [6.07, 6.45) is 56.7. The summed E-state index contributed by atoms with van der Waals surface area (Å²) in [6, 6.07) is 0. The van der Waals surface area contributed by atoms with Crippen LogP contribution in [0, 0.1) is 5.92 Å².